The average molecular weight is 258 g/mol. The molecule has 0 aliphatic carbocycles. The molecule has 5 heteroatoms. The fourth-order valence-electron chi connectivity index (χ4n) is 1.67. The molecule has 1 heterocycles. The van der Waals surface area contributed by atoms with Gasteiger partial charge in [0.05, 0.1) is 12.6 Å². The van der Waals surface area contributed by atoms with Crippen LogP contribution in [0, 0.1) is 13.8 Å². The van der Waals surface area contributed by atoms with Gasteiger partial charge < -0.3 is 10.1 Å². The maximum Gasteiger partial charge on any atom is 0.137 e. The van der Waals surface area contributed by atoms with E-state index in [-0.39, 0.29) is 6.04 Å². The summed E-state index contributed by atoms with van der Waals surface area (Å²) in [6.07, 6.45) is 2.13. The summed E-state index contributed by atoms with van der Waals surface area (Å²) >= 11 is 6.03. The molecule has 0 saturated heterocycles. The number of anilines is 1. The highest BCUT2D eigenvalue weighted by molar-refractivity contribution is 6.30. The quantitative estimate of drug-likeness (QED) is 0.796. The monoisotopic (exact) mass is 257 g/mol. The first-order chi connectivity index (χ1) is 8.08. The van der Waals surface area contributed by atoms with E-state index in [1.807, 2.05) is 13.8 Å². The Hall–Kier alpha value is -0.870. The van der Waals surface area contributed by atoms with Crippen molar-refractivity contribution in [2.45, 2.75) is 39.7 Å². The molecule has 0 bridgehead atoms. The lowest BCUT2D eigenvalue weighted by atomic mass is 10.1. The lowest BCUT2D eigenvalue weighted by molar-refractivity contribution is 0.182. The average Bonchev–Trinajstić information content (AvgIpc) is 2.26. The van der Waals surface area contributed by atoms with Crippen molar-refractivity contribution in [1.82, 2.24) is 9.97 Å². The van der Waals surface area contributed by atoms with Crippen molar-refractivity contribution in [1.29, 1.82) is 0 Å². The fourth-order valence-corrected chi connectivity index (χ4v) is 1.89. The number of methoxy groups -OCH3 is 1. The first-order valence-electron chi connectivity index (χ1n) is 5.84. The van der Waals surface area contributed by atoms with Crippen molar-refractivity contribution in [3.8, 4) is 0 Å². The molecule has 0 amide bonds. The number of aryl methyl sites for hydroxylation is 1. The molecule has 0 aromatic carbocycles. The van der Waals surface area contributed by atoms with Crippen molar-refractivity contribution in [2.24, 2.45) is 0 Å². The van der Waals surface area contributed by atoms with Gasteiger partial charge in [-0.1, -0.05) is 24.9 Å². The molecule has 0 radical (unpaired) electrons. The number of aromatic nitrogens is 2. The number of ether oxygens (including phenoxy) is 1. The van der Waals surface area contributed by atoms with E-state index in [2.05, 4.69) is 22.2 Å². The Balaban J connectivity index is 2.84. The highest BCUT2D eigenvalue weighted by atomic mass is 35.5. The van der Waals surface area contributed by atoms with Gasteiger partial charge in [-0.05, 0) is 20.3 Å². The molecule has 1 rings (SSSR count). The predicted molar refractivity (Wildman–Crippen MR) is 70.7 cm³/mol. The highest BCUT2D eigenvalue weighted by Gasteiger charge is 2.12. The number of hydrogen-bond donors (Lipinski definition) is 1. The van der Waals surface area contributed by atoms with Gasteiger partial charge in [0.2, 0.25) is 0 Å². The molecule has 1 aromatic heterocycles. The van der Waals surface area contributed by atoms with E-state index in [0.29, 0.717) is 17.6 Å². The Morgan fingerprint density at radius 3 is 2.65 bits per heavy atom. The van der Waals surface area contributed by atoms with E-state index < -0.39 is 0 Å². The van der Waals surface area contributed by atoms with Crippen LogP contribution in [0.2, 0.25) is 5.15 Å². The minimum absolute atomic E-state index is 0.258. The minimum atomic E-state index is 0.258. The third kappa shape index (κ3) is 4.13. The summed E-state index contributed by atoms with van der Waals surface area (Å²) in [5.74, 6) is 1.48. The fraction of sp³-hybridized carbons (Fsp3) is 0.667. The second-order valence-electron chi connectivity index (χ2n) is 4.12. The van der Waals surface area contributed by atoms with Crippen molar-refractivity contribution in [3.05, 3.63) is 16.5 Å². The number of hydrogen-bond acceptors (Lipinski definition) is 4. The standard InChI is InChI=1S/C12H20ClN3O/c1-5-6-10(7-17-4)16-12-8(2)11(13)14-9(3)15-12/h10H,5-7H2,1-4H3,(H,14,15,16). The van der Waals surface area contributed by atoms with E-state index in [4.69, 9.17) is 16.3 Å². The van der Waals surface area contributed by atoms with Crippen molar-refractivity contribution >= 4 is 17.4 Å². The van der Waals surface area contributed by atoms with Gasteiger partial charge in [-0.25, -0.2) is 9.97 Å². The normalized spacial score (nSPS) is 12.5. The lowest BCUT2D eigenvalue weighted by Gasteiger charge is -2.19. The van der Waals surface area contributed by atoms with Gasteiger partial charge in [0.25, 0.3) is 0 Å². The van der Waals surface area contributed by atoms with Crippen molar-refractivity contribution in [2.75, 3.05) is 19.0 Å². The number of nitrogens with one attached hydrogen (secondary N) is 1. The molecule has 1 atom stereocenters. The summed E-state index contributed by atoms with van der Waals surface area (Å²) in [4.78, 5) is 8.49. The van der Waals surface area contributed by atoms with Gasteiger partial charge >= 0.3 is 0 Å². The van der Waals surface area contributed by atoms with Crippen molar-refractivity contribution < 1.29 is 4.74 Å². The third-order valence-electron chi connectivity index (χ3n) is 2.54. The van der Waals surface area contributed by atoms with Crippen molar-refractivity contribution in [3.63, 3.8) is 0 Å². The Kier molecular flexibility index (Phi) is 5.65. The van der Waals surface area contributed by atoms with E-state index in [9.17, 15) is 0 Å². The molecular formula is C12H20ClN3O. The molecule has 0 fully saturated rings. The third-order valence-corrected chi connectivity index (χ3v) is 2.91. The van der Waals surface area contributed by atoms with Crippen LogP contribution in [0.25, 0.3) is 0 Å². The highest BCUT2D eigenvalue weighted by Crippen LogP contribution is 2.20. The first kappa shape index (κ1) is 14.2. The van der Waals surface area contributed by atoms with Gasteiger partial charge in [0, 0.05) is 12.7 Å². The zero-order valence-electron chi connectivity index (χ0n) is 10.9. The molecule has 4 nitrogen and oxygen atoms in total. The van der Waals surface area contributed by atoms with Gasteiger partial charge in [-0.15, -0.1) is 0 Å². The SMILES string of the molecule is CCCC(COC)Nc1nc(C)nc(Cl)c1C. The summed E-state index contributed by atoms with van der Waals surface area (Å²) in [5.41, 5.74) is 0.884. The topological polar surface area (TPSA) is 47.0 Å². The van der Waals surface area contributed by atoms with Crippen LogP contribution in [-0.2, 0) is 4.74 Å². The van der Waals surface area contributed by atoms with Gasteiger partial charge in [-0.3, -0.25) is 0 Å². The summed E-state index contributed by atoms with van der Waals surface area (Å²) in [5, 5.41) is 3.88. The van der Waals surface area contributed by atoms with E-state index >= 15 is 0 Å². The number of nitrogens with zero attached hydrogens (tertiary/aromatic N) is 2. The Labute approximate surface area is 108 Å². The second-order valence-corrected chi connectivity index (χ2v) is 4.48. The molecule has 0 saturated carbocycles. The van der Waals surface area contributed by atoms with Gasteiger partial charge in [0.15, 0.2) is 0 Å². The summed E-state index contributed by atoms with van der Waals surface area (Å²) in [6.45, 7) is 6.56. The molecule has 1 N–H and O–H groups in total. The second kappa shape index (κ2) is 6.77. The van der Waals surface area contributed by atoms with Crippen LogP contribution < -0.4 is 5.32 Å². The van der Waals surface area contributed by atoms with E-state index in [0.717, 1.165) is 24.2 Å². The van der Waals surface area contributed by atoms with Crippen LogP contribution in [0.5, 0.6) is 0 Å². The van der Waals surface area contributed by atoms with Crippen LogP contribution in [0.4, 0.5) is 5.82 Å². The smallest absolute Gasteiger partial charge is 0.137 e. The molecule has 0 spiro atoms. The van der Waals surface area contributed by atoms with Gasteiger partial charge in [-0.2, -0.15) is 0 Å². The zero-order valence-corrected chi connectivity index (χ0v) is 11.6. The molecule has 17 heavy (non-hydrogen) atoms. The Morgan fingerprint density at radius 2 is 2.06 bits per heavy atom. The maximum absolute atomic E-state index is 6.03. The first-order valence-corrected chi connectivity index (χ1v) is 6.22. The maximum atomic E-state index is 6.03. The number of halogens is 1. The zero-order chi connectivity index (χ0) is 12.8. The molecule has 1 aromatic rings. The molecule has 0 aliphatic rings. The summed E-state index contributed by atoms with van der Waals surface area (Å²) < 4.78 is 5.19. The van der Waals surface area contributed by atoms with Crippen LogP contribution in [0.1, 0.15) is 31.2 Å². The Morgan fingerprint density at radius 1 is 1.35 bits per heavy atom. The predicted octanol–water partition coefficient (Wildman–Crippen LogP) is 2.97. The van der Waals surface area contributed by atoms with Crippen LogP contribution in [0.15, 0.2) is 0 Å². The summed E-state index contributed by atoms with van der Waals surface area (Å²) in [7, 11) is 1.70. The minimum Gasteiger partial charge on any atom is -0.383 e. The number of rotatable bonds is 6. The molecular weight excluding hydrogens is 238 g/mol. The van der Waals surface area contributed by atoms with E-state index in [1.54, 1.807) is 7.11 Å². The van der Waals surface area contributed by atoms with Crippen LogP contribution in [0.3, 0.4) is 0 Å². The van der Waals surface area contributed by atoms with Gasteiger partial charge in [0.1, 0.15) is 16.8 Å². The Bertz CT molecular complexity index is 365. The van der Waals surface area contributed by atoms with Crippen LogP contribution in [-0.4, -0.2) is 29.7 Å². The molecule has 96 valence electrons. The van der Waals surface area contributed by atoms with E-state index in [1.165, 1.54) is 0 Å². The molecule has 1 unspecified atom stereocenters. The lowest BCUT2D eigenvalue weighted by Crippen LogP contribution is -2.26. The summed E-state index contributed by atoms with van der Waals surface area (Å²) in [6, 6.07) is 0.258. The molecule has 0 aliphatic heterocycles. The van der Waals surface area contributed by atoms with Crippen LogP contribution >= 0.6 is 11.6 Å². The largest absolute Gasteiger partial charge is 0.383 e.